The van der Waals surface area contributed by atoms with Gasteiger partial charge in [-0.1, -0.05) is 0 Å². The van der Waals surface area contributed by atoms with E-state index in [0.717, 1.165) is 26.3 Å². The lowest BCUT2D eigenvalue weighted by molar-refractivity contribution is -0.0515. The van der Waals surface area contributed by atoms with Crippen molar-refractivity contribution in [2.75, 3.05) is 26.3 Å². The maximum Gasteiger partial charge on any atom is 0.0643 e. The van der Waals surface area contributed by atoms with Crippen molar-refractivity contribution in [3.8, 4) is 0 Å². The minimum absolute atomic E-state index is 0.607. The van der Waals surface area contributed by atoms with E-state index >= 15 is 0 Å². The van der Waals surface area contributed by atoms with Gasteiger partial charge in [0.1, 0.15) is 0 Å². The normalized spacial score (nSPS) is 36.9. The van der Waals surface area contributed by atoms with Gasteiger partial charge in [-0.3, -0.25) is 4.90 Å². The molecule has 0 aromatic rings. The fourth-order valence-electron chi connectivity index (χ4n) is 2.08. The number of nitrogens with zero attached hydrogens (tertiary/aromatic N) is 2. The average Bonchev–Trinajstić information content (AvgIpc) is 2.02. The van der Waals surface area contributed by atoms with E-state index in [4.69, 9.17) is 4.74 Å². The van der Waals surface area contributed by atoms with Gasteiger partial charge in [-0.2, -0.15) is 0 Å². The van der Waals surface area contributed by atoms with Crippen LogP contribution >= 0.6 is 22.9 Å². The second-order valence-electron chi connectivity index (χ2n) is 4.24. The van der Waals surface area contributed by atoms with Crippen molar-refractivity contribution >= 4 is 22.9 Å². The van der Waals surface area contributed by atoms with Crippen molar-refractivity contribution in [1.29, 1.82) is 0 Å². The summed E-state index contributed by atoms with van der Waals surface area (Å²) < 4.78 is 8.02. The van der Waals surface area contributed by atoms with E-state index < -0.39 is 0 Å². The van der Waals surface area contributed by atoms with E-state index in [1.54, 1.807) is 0 Å². The van der Waals surface area contributed by atoms with Crippen LogP contribution in [0.25, 0.3) is 0 Å². The fraction of sp³-hybridized carbons (Fsp3) is 1.00. The molecule has 0 spiro atoms. The predicted octanol–water partition coefficient (Wildman–Crippen LogP) is 1.13. The van der Waals surface area contributed by atoms with E-state index in [1.807, 2.05) is 0 Å². The molecule has 0 N–H and O–H groups in total. The number of hydrogen-bond donors (Lipinski definition) is 0. The van der Waals surface area contributed by atoms with Gasteiger partial charge in [0.05, 0.1) is 25.3 Å². The molecule has 2 fully saturated rings. The summed E-state index contributed by atoms with van der Waals surface area (Å²) in [7, 11) is 0. The Morgan fingerprint density at radius 3 is 2.23 bits per heavy atom. The number of morpholine rings is 1. The van der Waals surface area contributed by atoms with Crippen molar-refractivity contribution in [2.24, 2.45) is 0 Å². The predicted molar refractivity (Wildman–Crippen MR) is 61.0 cm³/mol. The number of fused-ring (bicyclic) bond motifs is 2. The summed E-state index contributed by atoms with van der Waals surface area (Å²) in [5.74, 6) is 0. The van der Waals surface area contributed by atoms with E-state index in [0.29, 0.717) is 18.1 Å². The van der Waals surface area contributed by atoms with Crippen LogP contribution in [-0.4, -0.2) is 52.4 Å². The van der Waals surface area contributed by atoms with Gasteiger partial charge in [-0.25, -0.2) is 3.11 Å². The van der Waals surface area contributed by atoms with Gasteiger partial charge in [-0.05, 0) is 13.8 Å². The van der Waals surface area contributed by atoms with E-state index in [9.17, 15) is 0 Å². The molecule has 0 saturated carbocycles. The molecule has 0 amide bonds. The molecule has 2 aliphatic heterocycles. The molecule has 2 bridgehead atoms. The molecule has 13 heavy (non-hydrogen) atoms. The molecule has 0 aromatic heterocycles. The first kappa shape index (κ1) is 10.1. The summed E-state index contributed by atoms with van der Waals surface area (Å²) in [4.78, 5) is 2.56. The highest BCUT2D eigenvalue weighted by Gasteiger charge is 2.37. The van der Waals surface area contributed by atoms with Gasteiger partial charge >= 0.3 is 0 Å². The second-order valence-corrected chi connectivity index (χ2v) is 5.35. The summed E-state index contributed by atoms with van der Waals surface area (Å²) in [6, 6.07) is 1.89. The third-order valence-electron chi connectivity index (χ3n) is 2.94. The van der Waals surface area contributed by atoms with Crippen molar-refractivity contribution < 1.29 is 4.74 Å². The summed E-state index contributed by atoms with van der Waals surface area (Å²) in [5.41, 5.74) is 0. The van der Waals surface area contributed by atoms with Crippen molar-refractivity contribution in [3.05, 3.63) is 0 Å². The molecule has 3 nitrogen and oxygen atoms in total. The molecule has 2 unspecified atom stereocenters. The Labute approximate surface area is 93.9 Å². The van der Waals surface area contributed by atoms with Crippen LogP contribution in [0.4, 0.5) is 0 Å². The Morgan fingerprint density at radius 1 is 1.23 bits per heavy atom. The maximum absolute atomic E-state index is 5.56. The van der Waals surface area contributed by atoms with Gasteiger partial charge in [0.2, 0.25) is 0 Å². The zero-order chi connectivity index (χ0) is 9.42. The van der Waals surface area contributed by atoms with Crippen molar-refractivity contribution in [3.63, 3.8) is 0 Å². The zero-order valence-corrected chi connectivity index (χ0v) is 10.4. The van der Waals surface area contributed by atoms with Crippen LogP contribution in [0.1, 0.15) is 13.8 Å². The largest absolute Gasteiger partial charge is 0.378 e. The maximum atomic E-state index is 5.56. The molecule has 2 rings (SSSR count). The Morgan fingerprint density at radius 2 is 1.77 bits per heavy atom. The highest BCUT2D eigenvalue weighted by molar-refractivity contribution is 14.1. The highest BCUT2D eigenvalue weighted by atomic mass is 127. The number of ether oxygens (including phenoxy) is 1. The topological polar surface area (TPSA) is 15.7 Å². The van der Waals surface area contributed by atoms with Gasteiger partial charge in [0.15, 0.2) is 0 Å². The first-order valence-corrected chi connectivity index (χ1v) is 5.91. The van der Waals surface area contributed by atoms with Crippen LogP contribution in [0, 0.1) is 0 Å². The average molecular weight is 296 g/mol. The Bertz CT molecular complexity index is 174. The quantitative estimate of drug-likeness (QED) is 0.533. The molecule has 2 heterocycles. The molecule has 2 aliphatic rings. The molecule has 2 saturated heterocycles. The third-order valence-corrected chi connectivity index (χ3v) is 4.51. The van der Waals surface area contributed by atoms with Crippen LogP contribution in [0.2, 0.25) is 0 Å². The minimum atomic E-state index is 0.607. The molecule has 0 aliphatic carbocycles. The lowest BCUT2D eigenvalue weighted by Gasteiger charge is -2.48. The Kier molecular flexibility index (Phi) is 3.12. The molecule has 0 aromatic carbocycles. The molecular formula is C9H17IN2O. The van der Waals surface area contributed by atoms with E-state index in [2.05, 4.69) is 44.7 Å². The smallest absolute Gasteiger partial charge is 0.0643 e. The van der Waals surface area contributed by atoms with Crippen LogP contribution in [0.3, 0.4) is 0 Å². The molecular weight excluding hydrogens is 279 g/mol. The third kappa shape index (κ3) is 2.00. The zero-order valence-electron chi connectivity index (χ0n) is 8.24. The number of hydrogen-bond acceptors (Lipinski definition) is 3. The Hall–Kier alpha value is 0.610. The van der Waals surface area contributed by atoms with Crippen molar-refractivity contribution in [2.45, 2.75) is 32.0 Å². The van der Waals surface area contributed by atoms with Crippen LogP contribution in [0.5, 0.6) is 0 Å². The van der Waals surface area contributed by atoms with E-state index in [-0.39, 0.29) is 0 Å². The first-order chi connectivity index (χ1) is 6.18. The molecule has 2 atom stereocenters. The summed E-state index contributed by atoms with van der Waals surface area (Å²) in [5, 5.41) is 0. The first-order valence-electron chi connectivity index (χ1n) is 4.94. The standard InChI is InChI=1S/C9H17IN2O/c1-7(2)11-3-8-5-13-6-9(4-11)12(8)10/h7-9H,3-6H2,1-2H3. The lowest BCUT2D eigenvalue weighted by Crippen LogP contribution is -2.62. The highest BCUT2D eigenvalue weighted by Crippen LogP contribution is 2.25. The monoisotopic (exact) mass is 296 g/mol. The summed E-state index contributed by atoms with van der Waals surface area (Å²) in [6.45, 7) is 8.69. The molecule has 4 heteroatoms. The lowest BCUT2D eigenvalue weighted by atomic mass is 10.1. The SMILES string of the molecule is CC(C)N1CC2COCC(C1)N2I. The van der Waals surface area contributed by atoms with Gasteiger partial charge in [-0.15, -0.1) is 0 Å². The Balaban J connectivity index is 2.03. The summed E-state index contributed by atoms with van der Waals surface area (Å²) in [6.07, 6.45) is 0. The molecule has 76 valence electrons. The molecule has 0 radical (unpaired) electrons. The van der Waals surface area contributed by atoms with Crippen molar-refractivity contribution in [1.82, 2.24) is 8.01 Å². The van der Waals surface area contributed by atoms with Gasteiger partial charge in [0.25, 0.3) is 0 Å². The van der Waals surface area contributed by atoms with Crippen LogP contribution in [0.15, 0.2) is 0 Å². The minimum Gasteiger partial charge on any atom is -0.378 e. The number of piperazine rings is 1. The van der Waals surface area contributed by atoms with E-state index in [1.165, 1.54) is 0 Å². The fourth-order valence-corrected chi connectivity index (χ4v) is 2.75. The van der Waals surface area contributed by atoms with Gasteiger partial charge < -0.3 is 4.74 Å². The second kappa shape index (κ2) is 4.00. The van der Waals surface area contributed by atoms with Crippen LogP contribution < -0.4 is 0 Å². The number of rotatable bonds is 1. The summed E-state index contributed by atoms with van der Waals surface area (Å²) >= 11 is 2.46. The van der Waals surface area contributed by atoms with Gasteiger partial charge in [0, 0.05) is 42.0 Å². The number of halogens is 1. The van der Waals surface area contributed by atoms with Crippen LogP contribution in [-0.2, 0) is 4.74 Å².